The highest BCUT2D eigenvalue weighted by Crippen LogP contribution is 2.55. The molecular weight excluding hydrogens is 696 g/mol. The molecule has 250 valence electrons. The zero-order valence-electron chi connectivity index (χ0n) is 28.1. The molecule has 0 bridgehead atoms. The minimum Gasteiger partial charge on any atom is -0.441 e. The number of halogens is 4. The van der Waals surface area contributed by atoms with Gasteiger partial charge in [0.2, 0.25) is 0 Å². The minimum atomic E-state index is -1.52. The van der Waals surface area contributed by atoms with Crippen molar-refractivity contribution in [2.24, 2.45) is 0 Å². The first-order chi connectivity index (χ1) is 23.5. The summed E-state index contributed by atoms with van der Waals surface area (Å²) >= 11 is 27.2. The second kappa shape index (κ2) is 12.5. The Hall–Kier alpha value is -3.87. The van der Waals surface area contributed by atoms with Crippen molar-refractivity contribution in [3.63, 3.8) is 0 Å². The summed E-state index contributed by atoms with van der Waals surface area (Å²) < 4.78 is 11.2. The molecule has 1 aliphatic heterocycles. The lowest BCUT2D eigenvalue weighted by Gasteiger charge is -2.30. The molecule has 0 spiro atoms. The number of cyclic esters (lactones) is 1. The number of hydrogen-bond acceptors (Lipinski definition) is 3. The molecule has 0 aliphatic carbocycles. The van der Waals surface area contributed by atoms with E-state index < -0.39 is 11.6 Å². The number of benzene rings is 4. The van der Waals surface area contributed by atoms with Crippen LogP contribution in [0.1, 0.15) is 57.8 Å². The summed E-state index contributed by atoms with van der Waals surface area (Å²) in [7, 11) is 3.95. The molecule has 9 heteroatoms. The number of esters is 1. The first-order valence-corrected chi connectivity index (χ1v) is 17.7. The number of aromatic nitrogens is 2. The highest BCUT2D eigenvalue weighted by Gasteiger charge is 2.50. The quantitative estimate of drug-likeness (QED) is 0.0932. The predicted octanol–water partition coefficient (Wildman–Crippen LogP) is 11.5. The van der Waals surface area contributed by atoms with E-state index in [9.17, 15) is 4.79 Å². The largest absolute Gasteiger partial charge is 0.441 e. The van der Waals surface area contributed by atoms with Gasteiger partial charge in [0.05, 0.1) is 25.7 Å². The van der Waals surface area contributed by atoms with Crippen molar-refractivity contribution in [2.75, 3.05) is 19.0 Å². The van der Waals surface area contributed by atoms with Gasteiger partial charge in [-0.05, 0) is 63.6 Å². The minimum absolute atomic E-state index is 0.00957. The SMILES string of the molecule is CCn1c(C)c(C(=CC2(c3ccc(N(C)C)cc3)OC(=O)c3c(Cl)c(Cl)c(Cl)c(Cl)c32)c2c(C)n(CC)c3ccccc23)c2ccccc21. The summed E-state index contributed by atoms with van der Waals surface area (Å²) in [5.74, 6) is -0.631. The maximum atomic E-state index is 14.1. The van der Waals surface area contributed by atoms with Gasteiger partial charge in [-0.3, -0.25) is 0 Å². The average Bonchev–Trinajstić information content (AvgIpc) is 3.68. The third-order valence-electron chi connectivity index (χ3n) is 9.89. The molecule has 4 aromatic carbocycles. The van der Waals surface area contributed by atoms with Gasteiger partial charge >= 0.3 is 5.97 Å². The van der Waals surface area contributed by atoms with Gasteiger partial charge in [-0.1, -0.05) is 94.9 Å². The van der Waals surface area contributed by atoms with Gasteiger partial charge < -0.3 is 18.8 Å². The molecule has 5 nitrogen and oxygen atoms in total. The molecule has 0 saturated heterocycles. The lowest BCUT2D eigenvalue weighted by atomic mass is 9.80. The zero-order chi connectivity index (χ0) is 34.9. The van der Waals surface area contributed by atoms with E-state index in [1.165, 1.54) is 0 Å². The van der Waals surface area contributed by atoms with E-state index in [0.717, 1.165) is 68.7 Å². The molecule has 1 atom stereocenters. The molecule has 6 aromatic rings. The van der Waals surface area contributed by atoms with Crippen molar-refractivity contribution in [2.45, 2.75) is 46.4 Å². The molecule has 1 unspecified atom stereocenters. The van der Waals surface area contributed by atoms with Crippen molar-refractivity contribution in [3.8, 4) is 0 Å². The van der Waals surface area contributed by atoms with E-state index >= 15 is 0 Å². The van der Waals surface area contributed by atoms with Crippen LogP contribution in [0.15, 0.2) is 78.9 Å². The first kappa shape index (κ1) is 33.6. The van der Waals surface area contributed by atoms with Gasteiger partial charge in [0.15, 0.2) is 5.60 Å². The second-order valence-corrected chi connectivity index (χ2v) is 14.1. The highest BCUT2D eigenvalue weighted by molar-refractivity contribution is 6.53. The molecule has 0 amide bonds. The Labute approximate surface area is 306 Å². The van der Waals surface area contributed by atoms with Crippen molar-refractivity contribution < 1.29 is 9.53 Å². The van der Waals surface area contributed by atoms with E-state index in [0.29, 0.717) is 11.1 Å². The van der Waals surface area contributed by atoms with Gasteiger partial charge in [0.25, 0.3) is 0 Å². The summed E-state index contributed by atoms with van der Waals surface area (Å²) in [5, 5.41) is 2.37. The zero-order valence-corrected chi connectivity index (χ0v) is 31.1. The van der Waals surface area contributed by atoms with Crippen LogP contribution in [0.4, 0.5) is 5.69 Å². The van der Waals surface area contributed by atoms with Crippen LogP contribution in [-0.4, -0.2) is 29.2 Å². The molecule has 0 radical (unpaired) electrons. The van der Waals surface area contributed by atoms with Gasteiger partial charge in [0, 0.05) is 88.3 Å². The number of rotatable bonds is 7. The maximum Gasteiger partial charge on any atom is 0.341 e. The van der Waals surface area contributed by atoms with E-state index in [1.807, 2.05) is 43.3 Å². The van der Waals surface area contributed by atoms with Crippen LogP contribution in [-0.2, 0) is 23.4 Å². The molecule has 3 heterocycles. The van der Waals surface area contributed by atoms with Crippen LogP contribution in [0.5, 0.6) is 0 Å². The fourth-order valence-electron chi connectivity index (χ4n) is 7.65. The molecule has 0 N–H and O–H groups in total. The standard InChI is InChI=1S/C40H35Cl4N3O2/c1-7-46-22(3)31(26-13-9-11-15-29(26)46)28(32-23(4)47(8-2)30-16-12-10-14-27(30)32)21-40(24-17-19-25(20-18-24)45(5)6)34-33(39(48)49-40)35(41)37(43)38(44)36(34)42/h9-21H,7-8H2,1-6H3. The Morgan fingerprint density at radius 3 is 1.71 bits per heavy atom. The fraction of sp³-hybridized carbons (Fsp3) is 0.225. The number of ether oxygens (including phenoxy) is 1. The Morgan fingerprint density at radius 2 is 1.22 bits per heavy atom. The molecule has 1 aliphatic rings. The summed E-state index contributed by atoms with van der Waals surface area (Å²) in [6, 6.07) is 24.7. The van der Waals surface area contributed by atoms with Crippen LogP contribution in [0, 0.1) is 13.8 Å². The van der Waals surface area contributed by atoms with E-state index in [1.54, 1.807) is 0 Å². The second-order valence-electron chi connectivity index (χ2n) is 12.6. The van der Waals surface area contributed by atoms with Crippen molar-refractivity contribution in [1.29, 1.82) is 0 Å². The number of anilines is 1. The van der Waals surface area contributed by atoms with Crippen LogP contribution in [0.25, 0.3) is 27.4 Å². The smallest absolute Gasteiger partial charge is 0.341 e. The topological polar surface area (TPSA) is 39.4 Å². The molecule has 0 saturated carbocycles. The number of carbonyl (C=O) groups is 1. The van der Waals surface area contributed by atoms with Crippen molar-refractivity contribution in [1.82, 2.24) is 9.13 Å². The van der Waals surface area contributed by atoms with Crippen LogP contribution < -0.4 is 4.90 Å². The van der Waals surface area contributed by atoms with E-state index in [2.05, 4.69) is 91.4 Å². The molecule has 0 fully saturated rings. The maximum absolute atomic E-state index is 14.1. The Kier molecular flexibility index (Phi) is 8.56. The fourth-order valence-corrected chi connectivity index (χ4v) is 8.72. The van der Waals surface area contributed by atoms with Gasteiger partial charge in [-0.15, -0.1) is 0 Å². The number of nitrogens with zero attached hydrogens (tertiary/aromatic N) is 3. The number of fused-ring (bicyclic) bond motifs is 3. The van der Waals surface area contributed by atoms with Crippen molar-refractivity contribution >= 4 is 85.4 Å². The summed E-state index contributed by atoms with van der Waals surface area (Å²) in [6.07, 6.45) is 2.05. The van der Waals surface area contributed by atoms with Crippen molar-refractivity contribution in [3.05, 3.63) is 138 Å². The first-order valence-electron chi connectivity index (χ1n) is 16.2. The Bertz CT molecular complexity index is 2260. The Morgan fingerprint density at radius 1 is 0.735 bits per heavy atom. The highest BCUT2D eigenvalue weighted by atomic mass is 35.5. The number of hydrogen-bond donors (Lipinski definition) is 0. The lowest BCUT2D eigenvalue weighted by molar-refractivity contribution is 0.0277. The van der Waals surface area contributed by atoms with Crippen LogP contribution in [0.2, 0.25) is 20.1 Å². The average molecular weight is 732 g/mol. The van der Waals surface area contributed by atoms with Crippen LogP contribution in [0.3, 0.4) is 0 Å². The number of carbonyl (C=O) groups excluding carboxylic acids is 1. The number of para-hydroxylation sites is 2. The molecule has 2 aromatic heterocycles. The molecule has 7 rings (SSSR count). The van der Waals surface area contributed by atoms with E-state index in [4.69, 9.17) is 51.1 Å². The third kappa shape index (κ3) is 4.92. The summed E-state index contributed by atoms with van der Waals surface area (Å²) in [5.41, 5.74) is 7.99. The molecule has 49 heavy (non-hydrogen) atoms. The monoisotopic (exact) mass is 729 g/mol. The van der Waals surface area contributed by atoms with Gasteiger partial charge in [-0.2, -0.15) is 0 Å². The summed E-state index contributed by atoms with van der Waals surface area (Å²) in [4.78, 5) is 16.1. The molecular formula is C40H35Cl4N3O2. The lowest BCUT2D eigenvalue weighted by Crippen LogP contribution is -2.27. The van der Waals surface area contributed by atoms with Gasteiger partial charge in [0.1, 0.15) is 0 Å². The van der Waals surface area contributed by atoms with Crippen LogP contribution >= 0.6 is 46.4 Å². The normalized spacial score (nSPS) is 15.6. The number of aryl methyl sites for hydroxylation is 2. The Balaban J connectivity index is 1.71. The predicted molar refractivity (Wildman–Crippen MR) is 205 cm³/mol. The third-order valence-corrected chi connectivity index (χ3v) is 11.7. The van der Waals surface area contributed by atoms with Gasteiger partial charge in [-0.25, -0.2) is 4.79 Å². The summed E-state index contributed by atoms with van der Waals surface area (Å²) in [6.45, 7) is 10.2. The van der Waals surface area contributed by atoms with E-state index in [-0.39, 0.29) is 25.7 Å².